The van der Waals surface area contributed by atoms with E-state index in [1.165, 1.54) is 5.56 Å². The molecule has 1 aromatic carbocycles. The average molecular weight is 378 g/mol. The second kappa shape index (κ2) is 8.11. The molecule has 1 aliphatic rings. The Morgan fingerprint density at radius 3 is 2.83 bits per heavy atom. The van der Waals surface area contributed by atoms with Gasteiger partial charge in [0.15, 0.2) is 0 Å². The molecule has 23 heavy (non-hydrogen) atoms. The zero-order valence-electron chi connectivity index (χ0n) is 13.6. The van der Waals surface area contributed by atoms with Crippen LogP contribution in [0.2, 0.25) is 0 Å². The predicted molar refractivity (Wildman–Crippen MR) is 97.6 cm³/mol. The fourth-order valence-corrected chi connectivity index (χ4v) is 3.06. The van der Waals surface area contributed by atoms with Crippen LogP contribution in [0.5, 0.6) is 0 Å². The second-order valence-electron chi connectivity index (χ2n) is 6.00. The maximum Gasteiger partial charge on any atom is 0.134 e. The minimum atomic E-state index is 0.779. The monoisotopic (exact) mass is 377 g/mol. The quantitative estimate of drug-likeness (QED) is 0.759. The molecule has 2 heterocycles. The summed E-state index contributed by atoms with van der Waals surface area (Å²) in [7, 11) is 0. The van der Waals surface area contributed by atoms with Crippen molar-refractivity contribution in [1.82, 2.24) is 15.5 Å². The van der Waals surface area contributed by atoms with Gasteiger partial charge in [-0.3, -0.25) is 4.90 Å². The van der Waals surface area contributed by atoms with Gasteiger partial charge in [-0.05, 0) is 36.8 Å². The number of rotatable bonds is 6. The highest BCUT2D eigenvalue weighted by molar-refractivity contribution is 9.10. The van der Waals surface area contributed by atoms with Gasteiger partial charge in [-0.15, -0.1) is 0 Å². The highest BCUT2D eigenvalue weighted by atomic mass is 79.9. The van der Waals surface area contributed by atoms with Gasteiger partial charge in [0, 0.05) is 49.3 Å². The Morgan fingerprint density at radius 2 is 2.04 bits per heavy atom. The van der Waals surface area contributed by atoms with Crippen LogP contribution in [0.15, 0.2) is 39.2 Å². The van der Waals surface area contributed by atoms with Crippen molar-refractivity contribution in [1.29, 1.82) is 0 Å². The first-order chi connectivity index (χ1) is 11.2. The molecule has 0 bridgehead atoms. The van der Waals surface area contributed by atoms with Crippen LogP contribution in [0, 0.1) is 6.92 Å². The average Bonchev–Trinajstić information content (AvgIpc) is 3.04. The summed E-state index contributed by atoms with van der Waals surface area (Å²) in [5.41, 5.74) is 2.34. The van der Waals surface area contributed by atoms with E-state index >= 15 is 0 Å². The lowest BCUT2D eigenvalue weighted by Crippen LogP contribution is -2.45. The molecule has 3 rings (SSSR count). The first-order valence-electron chi connectivity index (χ1n) is 8.21. The van der Waals surface area contributed by atoms with Crippen molar-refractivity contribution < 1.29 is 4.42 Å². The van der Waals surface area contributed by atoms with Crippen molar-refractivity contribution in [2.75, 3.05) is 39.3 Å². The summed E-state index contributed by atoms with van der Waals surface area (Å²) in [5, 5.41) is 6.85. The largest absolute Gasteiger partial charge is 0.460 e. The minimum Gasteiger partial charge on any atom is -0.460 e. The van der Waals surface area contributed by atoms with Gasteiger partial charge in [-0.25, -0.2) is 0 Å². The number of piperazine rings is 1. The Bertz CT molecular complexity index is 635. The third-order valence-electron chi connectivity index (χ3n) is 4.22. The SMILES string of the molecule is Cc1cc(-c2ccc(CNCCN3CCNCC3)o2)ccc1Br. The van der Waals surface area contributed by atoms with E-state index in [2.05, 4.69) is 68.7 Å². The van der Waals surface area contributed by atoms with Crippen LogP contribution in [0.4, 0.5) is 0 Å². The van der Waals surface area contributed by atoms with Crippen molar-refractivity contribution in [3.8, 4) is 11.3 Å². The van der Waals surface area contributed by atoms with Crippen molar-refractivity contribution >= 4 is 15.9 Å². The molecule has 124 valence electrons. The lowest BCUT2D eigenvalue weighted by atomic mass is 10.1. The molecule has 5 heteroatoms. The van der Waals surface area contributed by atoms with Gasteiger partial charge in [-0.2, -0.15) is 0 Å². The van der Waals surface area contributed by atoms with E-state index in [4.69, 9.17) is 4.42 Å². The van der Waals surface area contributed by atoms with Crippen LogP contribution >= 0.6 is 15.9 Å². The topological polar surface area (TPSA) is 40.4 Å². The summed E-state index contributed by atoms with van der Waals surface area (Å²) in [6.07, 6.45) is 0. The summed E-state index contributed by atoms with van der Waals surface area (Å²) in [5.74, 6) is 1.92. The molecule has 0 radical (unpaired) electrons. The van der Waals surface area contributed by atoms with Gasteiger partial charge in [0.2, 0.25) is 0 Å². The van der Waals surface area contributed by atoms with Gasteiger partial charge in [-0.1, -0.05) is 22.0 Å². The Kier molecular flexibility index (Phi) is 5.89. The predicted octanol–water partition coefficient (Wildman–Crippen LogP) is 3.01. The number of hydrogen-bond donors (Lipinski definition) is 2. The third kappa shape index (κ3) is 4.67. The summed E-state index contributed by atoms with van der Waals surface area (Å²) in [6, 6.07) is 10.4. The van der Waals surface area contributed by atoms with Crippen LogP contribution < -0.4 is 10.6 Å². The van der Waals surface area contributed by atoms with Crippen molar-refractivity contribution in [2.24, 2.45) is 0 Å². The highest BCUT2D eigenvalue weighted by Gasteiger charge is 2.09. The van der Waals surface area contributed by atoms with Crippen LogP contribution in [-0.2, 0) is 6.54 Å². The van der Waals surface area contributed by atoms with E-state index in [9.17, 15) is 0 Å². The Morgan fingerprint density at radius 1 is 1.22 bits per heavy atom. The Balaban J connectivity index is 1.48. The molecule has 0 spiro atoms. The molecular formula is C18H24BrN3O. The standard InChI is InChI=1S/C18H24BrN3O/c1-14-12-15(2-4-17(14)19)18-5-3-16(23-18)13-21-8-11-22-9-6-20-7-10-22/h2-5,12,20-21H,6-11,13H2,1H3. The Labute approximate surface area is 146 Å². The van der Waals surface area contributed by atoms with E-state index in [-0.39, 0.29) is 0 Å². The van der Waals surface area contributed by atoms with E-state index in [1.807, 2.05) is 0 Å². The second-order valence-corrected chi connectivity index (χ2v) is 6.85. The zero-order chi connectivity index (χ0) is 16.1. The summed E-state index contributed by atoms with van der Waals surface area (Å²) in [4.78, 5) is 2.49. The molecule has 1 fully saturated rings. The molecule has 1 aliphatic heterocycles. The van der Waals surface area contributed by atoms with Crippen LogP contribution in [0.3, 0.4) is 0 Å². The van der Waals surface area contributed by atoms with Crippen molar-refractivity contribution in [2.45, 2.75) is 13.5 Å². The number of aryl methyl sites for hydroxylation is 1. The first kappa shape index (κ1) is 16.7. The summed E-state index contributed by atoms with van der Waals surface area (Å²) < 4.78 is 7.08. The lowest BCUT2D eigenvalue weighted by molar-refractivity contribution is 0.240. The zero-order valence-corrected chi connectivity index (χ0v) is 15.2. The molecule has 0 aliphatic carbocycles. The number of nitrogens with zero attached hydrogens (tertiary/aromatic N) is 1. The smallest absolute Gasteiger partial charge is 0.134 e. The lowest BCUT2D eigenvalue weighted by Gasteiger charge is -2.27. The summed E-state index contributed by atoms with van der Waals surface area (Å²) >= 11 is 3.53. The maximum atomic E-state index is 5.96. The number of benzene rings is 1. The van der Waals surface area contributed by atoms with Crippen LogP contribution in [0.25, 0.3) is 11.3 Å². The van der Waals surface area contributed by atoms with E-state index in [1.54, 1.807) is 0 Å². The number of furan rings is 1. The van der Waals surface area contributed by atoms with E-state index < -0.39 is 0 Å². The molecule has 0 atom stereocenters. The van der Waals surface area contributed by atoms with E-state index in [0.29, 0.717) is 0 Å². The molecule has 0 amide bonds. The molecular weight excluding hydrogens is 354 g/mol. The third-order valence-corrected chi connectivity index (χ3v) is 5.11. The molecule has 2 N–H and O–H groups in total. The fourth-order valence-electron chi connectivity index (χ4n) is 2.81. The minimum absolute atomic E-state index is 0.779. The normalized spacial score (nSPS) is 15.9. The fraction of sp³-hybridized carbons (Fsp3) is 0.444. The van der Waals surface area contributed by atoms with Crippen molar-refractivity contribution in [3.05, 3.63) is 46.1 Å². The molecule has 0 saturated carbocycles. The Hall–Kier alpha value is -1.14. The molecule has 1 saturated heterocycles. The summed E-state index contributed by atoms with van der Waals surface area (Å²) in [6.45, 7) is 9.47. The van der Waals surface area contributed by atoms with Crippen molar-refractivity contribution in [3.63, 3.8) is 0 Å². The number of hydrogen-bond acceptors (Lipinski definition) is 4. The first-order valence-corrected chi connectivity index (χ1v) is 9.01. The van der Waals surface area contributed by atoms with Gasteiger partial charge >= 0.3 is 0 Å². The van der Waals surface area contributed by atoms with Gasteiger partial charge in [0.1, 0.15) is 11.5 Å². The van der Waals surface area contributed by atoms with Gasteiger partial charge < -0.3 is 15.1 Å². The van der Waals surface area contributed by atoms with Gasteiger partial charge in [0.05, 0.1) is 6.54 Å². The molecule has 1 aromatic heterocycles. The molecule has 2 aromatic rings. The van der Waals surface area contributed by atoms with E-state index in [0.717, 1.165) is 67.4 Å². The van der Waals surface area contributed by atoms with Crippen LogP contribution in [-0.4, -0.2) is 44.2 Å². The molecule has 0 unspecified atom stereocenters. The highest BCUT2D eigenvalue weighted by Crippen LogP contribution is 2.26. The number of halogens is 1. The van der Waals surface area contributed by atoms with Crippen LogP contribution in [0.1, 0.15) is 11.3 Å². The number of nitrogens with one attached hydrogen (secondary N) is 2. The van der Waals surface area contributed by atoms with Gasteiger partial charge in [0.25, 0.3) is 0 Å². The maximum absolute atomic E-state index is 5.96. The molecule has 4 nitrogen and oxygen atoms in total.